The quantitative estimate of drug-likeness (QED) is 0.785. The summed E-state index contributed by atoms with van der Waals surface area (Å²) in [5, 5.41) is 3.38. The number of hydrogen-bond acceptors (Lipinski definition) is 2. The number of nitrogens with one attached hydrogen (secondary N) is 1. The fraction of sp³-hybridized carbons (Fsp3) is 0.235. The van der Waals surface area contributed by atoms with Crippen molar-refractivity contribution < 1.29 is 0 Å². The van der Waals surface area contributed by atoms with Gasteiger partial charge in [0.1, 0.15) is 0 Å². The van der Waals surface area contributed by atoms with Gasteiger partial charge in [0.15, 0.2) is 0 Å². The molecule has 1 fully saturated rings. The molecular weight excluding hydrogens is 232 g/mol. The minimum Gasteiger partial charge on any atom is -0.304 e. The molecule has 1 saturated heterocycles. The molecule has 0 unspecified atom stereocenters. The summed E-state index contributed by atoms with van der Waals surface area (Å²) in [6.45, 7) is 1.08. The van der Waals surface area contributed by atoms with E-state index >= 15 is 0 Å². The molecule has 1 aliphatic rings. The van der Waals surface area contributed by atoms with Crippen LogP contribution < -0.4 is 5.32 Å². The van der Waals surface area contributed by atoms with E-state index < -0.39 is 0 Å². The molecule has 3 rings (SSSR count). The van der Waals surface area contributed by atoms with Crippen molar-refractivity contribution in [2.24, 2.45) is 0 Å². The molecule has 1 aliphatic heterocycles. The SMILES string of the molecule is C(#C[C@@H]1CCCN1)c1cncc(-c2ccccc2)c1. The first-order chi connectivity index (χ1) is 9.42. The molecule has 2 heteroatoms. The molecule has 94 valence electrons. The van der Waals surface area contributed by atoms with Crippen molar-refractivity contribution >= 4 is 0 Å². The number of pyridine rings is 1. The zero-order valence-electron chi connectivity index (χ0n) is 10.8. The van der Waals surface area contributed by atoms with Crippen LogP contribution in [0.2, 0.25) is 0 Å². The van der Waals surface area contributed by atoms with Gasteiger partial charge in [0.25, 0.3) is 0 Å². The van der Waals surface area contributed by atoms with Crippen molar-refractivity contribution in [1.82, 2.24) is 10.3 Å². The van der Waals surface area contributed by atoms with Crippen molar-refractivity contribution in [2.75, 3.05) is 6.54 Å². The molecule has 2 heterocycles. The average molecular weight is 248 g/mol. The summed E-state index contributed by atoms with van der Waals surface area (Å²) < 4.78 is 0. The van der Waals surface area contributed by atoms with Crippen molar-refractivity contribution in [3.8, 4) is 23.0 Å². The number of benzene rings is 1. The molecule has 1 atom stereocenters. The van der Waals surface area contributed by atoms with Gasteiger partial charge < -0.3 is 5.32 Å². The molecule has 2 aromatic rings. The van der Waals surface area contributed by atoms with Crippen LogP contribution in [-0.2, 0) is 0 Å². The summed E-state index contributed by atoms with van der Waals surface area (Å²) in [7, 11) is 0. The van der Waals surface area contributed by atoms with E-state index in [1.807, 2.05) is 30.6 Å². The topological polar surface area (TPSA) is 24.9 Å². The Hall–Kier alpha value is -2.11. The van der Waals surface area contributed by atoms with Crippen LogP contribution in [0, 0.1) is 11.8 Å². The second kappa shape index (κ2) is 5.69. The molecule has 0 aliphatic carbocycles. The maximum Gasteiger partial charge on any atom is 0.0693 e. The van der Waals surface area contributed by atoms with E-state index in [1.165, 1.54) is 12.0 Å². The summed E-state index contributed by atoms with van der Waals surface area (Å²) in [6.07, 6.45) is 6.09. The van der Waals surface area contributed by atoms with Gasteiger partial charge in [0, 0.05) is 23.5 Å². The molecule has 1 aromatic heterocycles. The van der Waals surface area contributed by atoms with E-state index in [2.05, 4.69) is 40.3 Å². The van der Waals surface area contributed by atoms with E-state index in [-0.39, 0.29) is 0 Å². The van der Waals surface area contributed by atoms with Crippen LogP contribution in [0.25, 0.3) is 11.1 Å². The van der Waals surface area contributed by atoms with Crippen molar-refractivity contribution in [3.63, 3.8) is 0 Å². The van der Waals surface area contributed by atoms with E-state index in [0.717, 1.165) is 24.1 Å². The predicted molar refractivity (Wildman–Crippen MR) is 77.6 cm³/mol. The van der Waals surface area contributed by atoms with E-state index in [9.17, 15) is 0 Å². The molecule has 0 radical (unpaired) electrons. The second-order valence-electron chi connectivity index (χ2n) is 4.75. The highest BCUT2D eigenvalue weighted by atomic mass is 14.9. The Kier molecular flexibility index (Phi) is 3.58. The Balaban J connectivity index is 1.84. The monoisotopic (exact) mass is 248 g/mol. The maximum atomic E-state index is 4.28. The standard InChI is InChI=1S/C17H16N2/c1-2-5-15(6-3-1)16-11-14(12-18-13-16)8-9-17-7-4-10-19-17/h1-3,5-6,11-13,17,19H,4,7,10H2/t17-/m0/s1. The van der Waals surface area contributed by atoms with Gasteiger partial charge in [-0.3, -0.25) is 4.98 Å². The minimum atomic E-state index is 0.348. The molecule has 1 N–H and O–H groups in total. The minimum absolute atomic E-state index is 0.348. The van der Waals surface area contributed by atoms with Gasteiger partial charge in [-0.15, -0.1) is 0 Å². The molecule has 0 saturated carbocycles. The van der Waals surface area contributed by atoms with Crippen molar-refractivity contribution in [1.29, 1.82) is 0 Å². The van der Waals surface area contributed by atoms with Gasteiger partial charge in [-0.25, -0.2) is 0 Å². The summed E-state index contributed by atoms with van der Waals surface area (Å²) in [6, 6.07) is 12.7. The van der Waals surface area contributed by atoms with E-state index in [4.69, 9.17) is 0 Å². The fourth-order valence-corrected chi connectivity index (χ4v) is 2.27. The summed E-state index contributed by atoms with van der Waals surface area (Å²) >= 11 is 0. The first-order valence-corrected chi connectivity index (χ1v) is 6.67. The molecule has 0 bridgehead atoms. The number of aromatic nitrogens is 1. The highest BCUT2D eigenvalue weighted by Crippen LogP contribution is 2.18. The van der Waals surface area contributed by atoms with E-state index in [1.54, 1.807) is 0 Å². The van der Waals surface area contributed by atoms with Crippen LogP contribution in [0.15, 0.2) is 48.8 Å². The third-order valence-electron chi connectivity index (χ3n) is 3.30. The van der Waals surface area contributed by atoms with E-state index in [0.29, 0.717) is 6.04 Å². The third kappa shape index (κ3) is 3.01. The molecular formula is C17H16N2. The zero-order valence-corrected chi connectivity index (χ0v) is 10.8. The Labute approximate surface area is 113 Å². The summed E-state index contributed by atoms with van der Waals surface area (Å²) in [5.41, 5.74) is 3.28. The lowest BCUT2D eigenvalue weighted by molar-refractivity contribution is 0.749. The zero-order chi connectivity index (χ0) is 12.9. The number of nitrogens with zero attached hydrogens (tertiary/aromatic N) is 1. The molecule has 1 aromatic carbocycles. The lowest BCUT2D eigenvalue weighted by atomic mass is 10.1. The van der Waals surface area contributed by atoms with Crippen LogP contribution in [-0.4, -0.2) is 17.6 Å². The summed E-state index contributed by atoms with van der Waals surface area (Å²) in [4.78, 5) is 4.28. The highest BCUT2D eigenvalue weighted by Gasteiger charge is 2.09. The maximum absolute atomic E-state index is 4.28. The molecule has 19 heavy (non-hydrogen) atoms. The predicted octanol–water partition coefficient (Wildman–Crippen LogP) is 2.85. The Bertz CT molecular complexity index is 602. The molecule has 0 amide bonds. The van der Waals surface area contributed by atoms with Gasteiger partial charge in [0.05, 0.1) is 6.04 Å². The number of hydrogen-bond donors (Lipinski definition) is 1. The van der Waals surface area contributed by atoms with Crippen LogP contribution in [0.5, 0.6) is 0 Å². The van der Waals surface area contributed by atoms with Gasteiger partial charge in [-0.05, 0) is 31.0 Å². The van der Waals surface area contributed by atoms with Crippen LogP contribution in [0.3, 0.4) is 0 Å². The average Bonchev–Trinajstić information content (AvgIpc) is 3.00. The Morgan fingerprint density at radius 2 is 2.00 bits per heavy atom. The Morgan fingerprint density at radius 1 is 1.11 bits per heavy atom. The Morgan fingerprint density at radius 3 is 2.79 bits per heavy atom. The van der Waals surface area contributed by atoms with Crippen molar-refractivity contribution in [2.45, 2.75) is 18.9 Å². The molecule has 0 spiro atoms. The second-order valence-corrected chi connectivity index (χ2v) is 4.75. The summed E-state index contributed by atoms with van der Waals surface area (Å²) in [5.74, 6) is 6.50. The van der Waals surface area contributed by atoms with Gasteiger partial charge in [0.2, 0.25) is 0 Å². The normalized spacial score (nSPS) is 17.8. The molecule has 2 nitrogen and oxygen atoms in total. The van der Waals surface area contributed by atoms with Crippen LogP contribution in [0.1, 0.15) is 18.4 Å². The van der Waals surface area contributed by atoms with Gasteiger partial charge >= 0.3 is 0 Å². The van der Waals surface area contributed by atoms with Crippen LogP contribution >= 0.6 is 0 Å². The first-order valence-electron chi connectivity index (χ1n) is 6.67. The lowest BCUT2D eigenvalue weighted by Gasteiger charge is -2.01. The number of rotatable bonds is 1. The lowest BCUT2D eigenvalue weighted by Crippen LogP contribution is -2.18. The fourth-order valence-electron chi connectivity index (χ4n) is 2.27. The van der Waals surface area contributed by atoms with Gasteiger partial charge in [-0.1, -0.05) is 42.2 Å². The smallest absolute Gasteiger partial charge is 0.0693 e. The largest absolute Gasteiger partial charge is 0.304 e. The van der Waals surface area contributed by atoms with Gasteiger partial charge in [-0.2, -0.15) is 0 Å². The van der Waals surface area contributed by atoms with Crippen molar-refractivity contribution in [3.05, 3.63) is 54.4 Å². The highest BCUT2D eigenvalue weighted by molar-refractivity contribution is 5.64. The first kappa shape index (κ1) is 12.0. The van der Waals surface area contributed by atoms with Crippen LogP contribution in [0.4, 0.5) is 0 Å². The third-order valence-corrected chi connectivity index (χ3v) is 3.30.